The minimum Gasteiger partial charge on any atom is -0.299 e. The maximum absolute atomic E-state index is 12.3. The number of carbonyl (C=O) groups is 1. The highest BCUT2D eigenvalue weighted by Crippen LogP contribution is 2.37. The summed E-state index contributed by atoms with van der Waals surface area (Å²) in [6, 6.07) is 0. The van der Waals surface area contributed by atoms with Gasteiger partial charge in [-0.1, -0.05) is 55.4 Å². The van der Waals surface area contributed by atoms with Crippen molar-refractivity contribution in [2.24, 2.45) is 22.7 Å². The molecule has 0 saturated carbocycles. The van der Waals surface area contributed by atoms with Crippen LogP contribution in [0.1, 0.15) is 55.4 Å². The van der Waals surface area contributed by atoms with E-state index in [0.29, 0.717) is 11.7 Å². The molecule has 0 aliphatic carbocycles. The van der Waals surface area contributed by atoms with Crippen LogP contribution in [0.3, 0.4) is 0 Å². The molecule has 0 unspecified atom stereocenters. The molecule has 84 valence electrons. The number of rotatable bonds is 2. The normalized spacial score (nSPS) is 15.8. The zero-order chi connectivity index (χ0) is 11.7. The van der Waals surface area contributed by atoms with E-state index in [1.54, 1.807) is 0 Å². The van der Waals surface area contributed by atoms with Crippen LogP contribution in [0.5, 0.6) is 0 Å². The third kappa shape index (κ3) is 3.43. The largest absolute Gasteiger partial charge is 0.299 e. The molecule has 0 aliphatic heterocycles. The third-order valence-electron chi connectivity index (χ3n) is 2.62. The van der Waals surface area contributed by atoms with Crippen molar-refractivity contribution >= 4 is 5.78 Å². The smallest absolute Gasteiger partial charge is 0.142 e. The second-order valence-corrected chi connectivity index (χ2v) is 6.70. The first-order valence-corrected chi connectivity index (χ1v) is 5.52. The van der Waals surface area contributed by atoms with Crippen molar-refractivity contribution in [3.63, 3.8) is 0 Å². The van der Waals surface area contributed by atoms with Gasteiger partial charge in [0.05, 0.1) is 0 Å². The van der Waals surface area contributed by atoms with Crippen molar-refractivity contribution < 1.29 is 4.79 Å². The number of carbonyl (C=O) groups excluding carboxylic acids is 1. The SMILES string of the molecule is CC(C)[C@@H](C(=O)C(C)(C)C)C(C)(C)C. The third-order valence-corrected chi connectivity index (χ3v) is 2.62. The van der Waals surface area contributed by atoms with E-state index < -0.39 is 0 Å². The van der Waals surface area contributed by atoms with Crippen molar-refractivity contribution in [2.45, 2.75) is 55.4 Å². The second-order valence-electron chi connectivity index (χ2n) is 6.70. The molecule has 0 rings (SSSR count). The van der Waals surface area contributed by atoms with E-state index in [-0.39, 0.29) is 16.7 Å². The van der Waals surface area contributed by atoms with E-state index in [4.69, 9.17) is 0 Å². The Morgan fingerprint density at radius 3 is 1.36 bits per heavy atom. The molecular formula is C13H26O. The van der Waals surface area contributed by atoms with Crippen LogP contribution < -0.4 is 0 Å². The zero-order valence-electron chi connectivity index (χ0n) is 11.1. The molecule has 0 aliphatic rings. The lowest BCUT2D eigenvalue weighted by Gasteiger charge is -2.36. The Hall–Kier alpha value is -0.330. The molecule has 0 bridgehead atoms. The average Bonchev–Trinajstić information content (AvgIpc) is 1.79. The van der Waals surface area contributed by atoms with Crippen molar-refractivity contribution in [1.82, 2.24) is 0 Å². The number of ketones is 1. The Morgan fingerprint density at radius 1 is 0.929 bits per heavy atom. The molecule has 0 radical (unpaired) electrons. The van der Waals surface area contributed by atoms with Crippen LogP contribution in [0.4, 0.5) is 0 Å². The van der Waals surface area contributed by atoms with Gasteiger partial charge in [0, 0.05) is 11.3 Å². The second kappa shape index (κ2) is 4.04. The lowest BCUT2D eigenvalue weighted by molar-refractivity contribution is -0.135. The molecule has 0 saturated heterocycles. The molecule has 1 atom stereocenters. The van der Waals surface area contributed by atoms with Crippen molar-refractivity contribution in [2.75, 3.05) is 0 Å². The standard InChI is InChI=1S/C13H26O/c1-9(2)10(12(3,4)5)11(14)13(6,7)8/h9-10H,1-8H3/t10-/m0/s1. The van der Waals surface area contributed by atoms with Gasteiger partial charge in [-0.2, -0.15) is 0 Å². The molecule has 0 aromatic heterocycles. The van der Waals surface area contributed by atoms with Gasteiger partial charge in [-0.15, -0.1) is 0 Å². The van der Waals surface area contributed by atoms with E-state index in [0.717, 1.165) is 0 Å². The van der Waals surface area contributed by atoms with E-state index in [1.165, 1.54) is 0 Å². The molecule has 1 heteroatoms. The van der Waals surface area contributed by atoms with Crippen molar-refractivity contribution in [1.29, 1.82) is 0 Å². The highest BCUT2D eigenvalue weighted by atomic mass is 16.1. The topological polar surface area (TPSA) is 17.1 Å². The van der Waals surface area contributed by atoms with Crippen LogP contribution in [0.2, 0.25) is 0 Å². The number of hydrogen-bond acceptors (Lipinski definition) is 1. The van der Waals surface area contributed by atoms with Gasteiger partial charge in [-0.25, -0.2) is 0 Å². The predicted octanol–water partition coefficient (Wildman–Crippen LogP) is 3.92. The molecular weight excluding hydrogens is 172 g/mol. The Kier molecular flexibility index (Phi) is 3.94. The van der Waals surface area contributed by atoms with Crippen LogP contribution in [0.15, 0.2) is 0 Å². The van der Waals surface area contributed by atoms with Crippen LogP contribution in [-0.4, -0.2) is 5.78 Å². The lowest BCUT2D eigenvalue weighted by atomic mass is 9.66. The summed E-state index contributed by atoms with van der Waals surface area (Å²) in [6.45, 7) is 16.8. The lowest BCUT2D eigenvalue weighted by Crippen LogP contribution is -2.39. The first-order chi connectivity index (χ1) is 5.98. The monoisotopic (exact) mass is 198 g/mol. The summed E-state index contributed by atoms with van der Waals surface area (Å²) in [4.78, 5) is 12.3. The van der Waals surface area contributed by atoms with E-state index >= 15 is 0 Å². The summed E-state index contributed by atoms with van der Waals surface area (Å²) >= 11 is 0. The zero-order valence-corrected chi connectivity index (χ0v) is 11.1. The summed E-state index contributed by atoms with van der Waals surface area (Å²) in [5, 5.41) is 0. The minimum absolute atomic E-state index is 0.0680. The van der Waals surface area contributed by atoms with Gasteiger partial charge in [-0.05, 0) is 11.3 Å². The average molecular weight is 198 g/mol. The van der Waals surface area contributed by atoms with Crippen LogP contribution in [-0.2, 0) is 4.79 Å². The fraction of sp³-hybridized carbons (Fsp3) is 0.923. The van der Waals surface area contributed by atoms with Gasteiger partial charge in [0.25, 0.3) is 0 Å². The Bertz CT molecular complexity index is 200. The maximum atomic E-state index is 12.3. The van der Waals surface area contributed by atoms with Gasteiger partial charge >= 0.3 is 0 Å². The van der Waals surface area contributed by atoms with E-state index in [1.807, 2.05) is 20.8 Å². The molecule has 0 aromatic carbocycles. The van der Waals surface area contributed by atoms with Gasteiger partial charge in [0.1, 0.15) is 5.78 Å². The minimum atomic E-state index is -0.220. The van der Waals surface area contributed by atoms with Crippen LogP contribution >= 0.6 is 0 Å². The molecule has 0 aromatic rings. The molecule has 0 N–H and O–H groups in total. The number of hydrogen-bond donors (Lipinski definition) is 0. The Labute approximate surface area is 89.3 Å². The summed E-state index contributed by atoms with van der Waals surface area (Å²) in [7, 11) is 0. The molecule has 0 fully saturated rings. The van der Waals surface area contributed by atoms with Gasteiger partial charge in [0.2, 0.25) is 0 Å². The van der Waals surface area contributed by atoms with Crippen molar-refractivity contribution in [3.05, 3.63) is 0 Å². The summed E-state index contributed by atoms with van der Waals surface area (Å²) in [5.41, 5.74) is -0.152. The van der Waals surface area contributed by atoms with E-state index in [2.05, 4.69) is 34.6 Å². The highest BCUT2D eigenvalue weighted by molar-refractivity contribution is 5.86. The summed E-state index contributed by atoms with van der Waals surface area (Å²) in [5.74, 6) is 0.962. The van der Waals surface area contributed by atoms with Gasteiger partial charge < -0.3 is 0 Å². The summed E-state index contributed by atoms with van der Waals surface area (Å²) < 4.78 is 0. The summed E-state index contributed by atoms with van der Waals surface area (Å²) in [6.07, 6.45) is 0. The predicted molar refractivity (Wildman–Crippen MR) is 62.2 cm³/mol. The molecule has 0 spiro atoms. The first-order valence-electron chi connectivity index (χ1n) is 5.52. The van der Waals surface area contributed by atoms with Crippen molar-refractivity contribution in [3.8, 4) is 0 Å². The Morgan fingerprint density at radius 2 is 1.29 bits per heavy atom. The first kappa shape index (κ1) is 13.7. The highest BCUT2D eigenvalue weighted by Gasteiger charge is 2.38. The fourth-order valence-electron chi connectivity index (χ4n) is 2.16. The maximum Gasteiger partial charge on any atom is 0.142 e. The van der Waals surface area contributed by atoms with Crippen LogP contribution in [0, 0.1) is 22.7 Å². The quantitative estimate of drug-likeness (QED) is 0.657. The molecule has 14 heavy (non-hydrogen) atoms. The molecule has 1 nitrogen and oxygen atoms in total. The van der Waals surface area contributed by atoms with E-state index in [9.17, 15) is 4.79 Å². The molecule has 0 heterocycles. The number of Topliss-reactive ketones (excluding diaryl/α,β-unsaturated/α-hetero) is 1. The van der Waals surface area contributed by atoms with Crippen LogP contribution in [0.25, 0.3) is 0 Å². The Balaban J connectivity index is 4.97. The fourth-order valence-corrected chi connectivity index (χ4v) is 2.16. The van der Waals surface area contributed by atoms with Gasteiger partial charge in [-0.3, -0.25) is 4.79 Å². The molecule has 0 amide bonds. The van der Waals surface area contributed by atoms with Gasteiger partial charge in [0.15, 0.2) is 0 Å².